The first-order valence-electron chi connectivity index (χ1n) is 9.21. The van der Waals surface area contributed by atoms with Crippen LogP contribution in [0.4, 0.5) is 30.2 Å². The van der Waals surface area contributed by atoms with Crippen molar-refractivity contribution in [3.63, 3.8) is 0 Å². The number of rotatable bonds is 8. The number of alkyl halides is 3. The van der Waals surface area contributed by atoms with Crippen molar-refractivity contribution in [3.8, 4) is 0 Å². The SMILES string of the molecule is CNc1cc(NCCCO)c(C(=O)NC2CCC(C(F)(F)F)CC2)cc1N=O. The summed E-state index contributed by atoms with van der Waals surface area (Å²) in [7, 11) is 1.61. The zero-order valence-electron chi connectivity index (χ0n) is 15.6. The summed E-state index contributed by atoms with van der Waals surface area (Å²) < 4.78 is 38.4. The van der Waals surface area contributed by atoms with Crippen LogP contribution in [-0.2, 0) is 0 Å². The number of benzene rings is 1. The van der Waals surface area contributed by atoms with E-state index in [0.717, 1.165) is 0 Å². The summed E-state index contributed by atoms with van der Waals surface area (Å²) in [5.41, 5.74) is 1.13. The van der Waals surface area contributed by atoms with Gasteiger partial charge in [0.25, 0.3) is 5.91 Å². The average molecular weight is 402 g/mol. The van der Waals surface area contributed by atoms with Crippen LogP contribution in [0.3, 0.4) is 0 Å². The lowest BCUT2D eigenvalue weighted by molar-refractivity contribution is -0.182. The van der Waals surface area contributed by atoms with Crippen LogP contribution in [0.2, 0.25) is 0 Å². The Morgan fingerprint density at radius 2 is 1.89 bits per heavy atom. The number of nitrogens with zero attached hydrogens (tertiary/aromatic N) is 1. The van der Waals surface area contributed by atoms with E-state index >= 15 is 0 Å². The molecule has 1 aromatic rings. The largest absolute Gasteiger partial charge is 0.396 e. The van der Waals surface area contributed by atoms with Gasteiger partial charge >= 0.3 is 6.18 Å². The Morgan fingerprint density at radius 3 is 2.43 bits per heavy atom. The van der Waals surface area contributed by atoms with Crippen LogP contribution in [0.1, 0.15) is 42.5 Å². The Bertz CT molecular complexity index is 689. The second-order valence-corrected chi connectivity index (χ2v) is 6.82. The van der Waals surface area contributed by atoms with Gasteiger partial charge in [0.15, 0.2) is 0 Å². The van der Waals surface area contributed by atoms with Crippen LogP contribution >= 0.6 is 0 Å². The molecule has 2 rings (SSSR count). The maximum absolute atomic E-state index is 12.8. The number of hydrogen-bond acceptors (Lipinski definition) is 6. The zero-order valence-corrected chi connectivity index (χ0v) is 15.6. The fourth-order valence-corrected chi connectivity index (χ4v) is 3.33. The van der Waals surface area contributed by atoms with Crippen molar-refractivity contribution in [3.05, 3.63) is 22.6 Å². The monoisotopic (exact) mass is 402 g/mol. The fraction of sp³-hybridized carbons (Fsp3) is 0.611. The van der Waals surface area contributed by atoms with Gasteiger partial charge in [-0.1, -0.05) is 0 Å². The summed E-state index contributed by atoms with van der Waals surface area (Å²) in [6.07, 6.45) is -3.28. The highest BCUT2D eigenvalue weighted by molar-refractivity contribution is 6.02. The van der Waals surface area contributed by atoms with Crippen molar-refractivity contribution in [2.24, 2.45) is 11.1 Å². The maximum Gasteiger partial charge on any atom is 0.391 e. The third-order valence-electron chi connectivity index (χ3n) is 4.92. The molecule has 28 heavy (non-hydrogen) atoms. The Balaban J connectivity index is 2.13. The molecule has 1 saturated carbocycles. The quantitative estimate of drug-likeness (QED) is 0.392. The van der Waals surface area contributed by atoms with Gasteiger partial charge in [0.1, 0.15) is 5.69 Å². The van der Waals surface area contributed by atoms with E-state index in [1.807, 2.05) is 0 Å². The van der Waals surface area contributed by atoms with Crippen LogP contribution in [0.15, 0.2) is 17.3 Å². The number of carbonyl (C=O) groups is 1. The number of anilines is 2. The summed E-state index contributed by atoms with van der Waals surface area (Å²) in [5.74, 6) is -1.80. The van der Waals surface area contributed by atoms with Crippen molar-refractivity contribution >= 4 is 23.0 Å². The molecule has 0 heterocycles. The Hall–Kier alpha value is -2.36. The first-order chi connectivity index (χ1) is 13.3. The molecule has 0 radical (unpaired) electrons. The van der Waals surface area contributed by atoms with Gasteiger partial charge in [-0.3, -0.25) is 4.79 Å². The van der Waals surface area contributed by atoms with Crippen LogP contribution in [0, 0.1) is 10.8 Å². The molecule has 7 nitrogen and oxygen atoms in total. The molecule has 1 amide bonds. The van der Waals surface area contributed by atoms with Gasteiger partial charge < -0.3 is 21.1 Å². The van der Waals surface area contributed by atoms with E-state index in [4.69, 9.17) is 5.11 Å². The van der Waals surface area contributed by atoms with Crippen LogP contribution < -0.4 is 16.0 Å². The molecule has 0 aromatic heterocycles. The Kier molecular flexibility index (Phi) is 7.61. The summed E-state index contributed by atoms with van der Waals surface area (Å²) >= 11 is 0. The molecule has 0 bridgehead atoms. The number of hydrogen-bond donors (Lipinski definition) is 4. The van der Waals surface area contributed by atoms with Crippen molar-refractivity contribution in [2.75, 3.05) is 30.8 Å². The number of aliphatic hydroxyl groups excluding tert-OH is 1. The maximum atomic E-state index is 12.8. The lowest BCUT2D eigenvalue weighted by atomic mass is 9.85. The molecule has 1 aromatic carbocycles. The van der Waals surface area contributed by atoms with E-state index in [2.05, 4.69) is 21.1 Å². The number of nitroso groups, excluding NO2 is 1. The van der Waals surface area contributed by atoms with Crippen LogP contribution in [0.25, 0.3) is 0 Å². The highest BCUT2D eigenvalue weighted by Crippen LogP contribution is 2.38. The molecule has 1 aliphatic carbocycles. The second kappa shape index (κ2) is 9.72. The minimum Gasteiger partial charge on any atom is -0.396 e. The topological polar surface area (TPSA) is 103 Å². The van der Waals surface area contributed by atoms with Gasteiger partial charge in [-0.05, 0) is 49.4 Å². The third-order valence-corrected chi connectivity index (χ3v) is 4.92. The fourth-order valence-electron chi connectivity index (χ4n) is 3.33. The molecule has 0 saturated heterocycles. The van der Waals surface area contributed by atoms with Crippen LogP contribution in [0.5, 0.6) is 0 Å². The van der Waals surface area contributed by atoms with E-state index < -0.39 is 18.0 Å². The summed E-state index contributed by atoms with van der Waals surface area (Å²) in [4.78, 5) is 23.8. The lowest BCUT2D eigenvalue weighted by Gasteiger charge is -2.30. The van der Waals surface area contributed by atoms with Crippen LogP contribution in [-0.4, -0.2) is 43.4 Å². The van der Waals surface area contributed by atoms with E-state index in [9.17, 15) is 22.9 Å². The van der Waals surface area contributed by atoms with Gasteiger partial charge in [0, 0.05) is 31.9 Å². The first-order valence-corrected chi connectivity index (χ1v) is 9.21. The average Bonchev–Trinajstić information content (AvgIpc) is 2.67. The predicted molar refractivity (Wildman–Crippen MR) is 101 cm³/mol. The van der Waals surface area contributed by atoms with Crippen molar-refractivity contribution in [2.45, 2.75) is 44.3 Å². The molecular formula is C18H25F3N4O3. The molecule has 0 spiro atoms. The van der Waals surface area contributed by atoms with E-state index in [0.29, 0.717) is 24.3 Å². The normalized spacial score (nSPS) is 19.8. The molecule has 10 heteroatoms. The highest BCUT2D eigenvalue weighted by Gasteiger charge is 2.41. The standard InChI is InChI=1S/C18H25F3N4O3/c1-22-15-10-14(23-7-2-8-26)13(9-16(15)25-28)17(27)24-12-5-3-11(4-6-12)18(19,20)21/h9-12,22-23,26H,2-8H2,1H3,(H,24,27). The molecule has 1 fully saturated rings. The number of amides is 1. The number of halogens is 3. The van der Waals surface area contributed by atoms with Crippen molar-refractivity contribution < 1.29 is 23.1 Å². The number of aliphatic hydroxyl groups is 1. The molecule has 0 atom stereocenters. The summed E-state index contributed by atoms with van der Waals surface area (Å²) in [6, 6.07) is 2.56. The molecule has 0 aliphatic heterocycles. The van der Waals surface area contributed by atoms with Gasteiger partial charge in [0.05, 0.1) is 17.2 Å². The minimum absolute atomic E-state index is 0.0180. The predicted octanol–water partition coefficient (Wildman–Crippen LogP) is 3.77. The first kappa shape index (κ1) is 21.9. The molecule has 4 N–H and O–H groups in total. The van der Waals surface area contributed by atoms with Gasteiger partial charge in [-0.25, -0.2) is 0 Å². The number of carbonyl (C=O) groups excluding carboxylic acids is 1. The zero-order chi connectivity index (χ0) is 20.7. The number of nitrogens with one attached hydrogen (secondary N) is 3. The van der Waals surface area contributed by atoms with E-state index in [1.165, 1.54) is 6.07 Å². The van der Waals surface area contributed by atoms with Crippen molar-refractivity contribution in [1.29, 1.82) is 0 Å². The second-order valence-electron chi connectivity index (χ2n) is 6.82. The van der Waals surface area contributed by atoms with Gasteiger partial charge in [-0.15, -0.1) is 4.91 Å². The van der Waals surface area contributed by atoms with E-state index in [-0.39, 0.29) is 49.6 Å². The van der Waals surface area contributed by atoms with E-state index in [1.54, 1.807) is 13.1 Å². The van der Waals surface area contributed by atoms with Gasteiger partial charge in [-0.2, -0.15) is 13.2 Å². The highest BCUT2D eigenvalue weighted by atomic mass is 19.4. The molecule has 156 valence electrons. The molecule has 0 unspecified atom stereocenters. The third kappa shape index (κ3) is 5.57. The summed E-state index contributed by atoms with van der Waals surface area (Å²) in [5, 5.41) is 20.5. The smallest absolute Gasteiger partial charge is 0.391 e. The summed E-state index contributed by atoms with van der Waals surface area (Å²) in [6.45, 7) is 0.383. The van der Waals surface area contributed by atoms with Gasteiger partial charge in [0.2, 0.25) is 0 Å². The molecule has 1 aliphatic rings. The lowest BCUT2D eigenvalue weighted by Crippen LogP contribution is -2.40. The minimum atomic E-state index is -4.20. The Morgan fingerprint density at radius 1 is 1.21 bits per heavy atom. The molecular weight excluding hydrogens is 377 g/mol. The Labute approximate surface area is 161 Å². The van der Waals surface area contributed by atoms with Crippen molar-refractivity contribution in [1.82, 2.24) is 5.32 Å².